The Hall–Kier alpha value is -0.970. The summed E-state index contributed by atoms with van der Waals surface area (Å²) in [6.07, 6.45) is 0. The van der Waals surface area contributed by atoms with Crippen LogP contribution in [0.15, 0.2) is 12.1 Å². The van der Waals surface area contributed by atoms with Gasteiger partial charge in [-0.3, -0.25) is 0 Å². The van der Waals surface area contributed by atoms with Gasteiger partial charge in [0.2, 0.25) is 0 Å². The third-order valence-electron chi connectivity index (χ3n) is 2.20. The molecule has 100 valence electrons. The van der Waals surface area contributed by atoms with Crippen LogP contribution in [0.3, 0.4) is 0 Å². The van der Waals surface area contributed by atoms with Gasteiger partial charge in [0.25, 0.3) is 0 Å². The Morgan fingerprint density at radius 2 is 1.89 bits per heavy atom. The minimum absolute atomic E-state index is 0.0133. The monoisotopic (exact) mass is 292 g/mol. The van der Waals surface area contributed by atoms with E-state index in [1.807, 2.05) is 6.92 Å². The average molecular weight is 293 g/mol. The van der Waals surface area contributed by atoms with Crippen LogP contribution < -0.4 is 0 Å². The Morgan fingerprint density at radius 3 is 2.39 bits per heavy atom. The topological polar surface area (TPSA) is 55.8 Å². The Morgan fingerprint density at radius 1 is 1.33 bits per heavy atom. The van der Waals surface area contributed by atoms with Gasteiger partial charge in [0.15, 0.2) is 5.75 Å². The number of phenols is 1. The van der Waals surface area contributed by atoms with Gasteiger partial charge < -0.3 is 14.6 Å². The van der Waals surface area contributed by atoms with Crippen LogP contribution in [0.2, 0.25) is 10.0 Å². The molecule has 0 aliphatic carbocycles. The highest BCUT2D eigenvalue weighted by Crippen LogP contribution is 2.32. The lowest BCUT2D eigenvalue weighted by Crippen LogP contribution is -2.15. The smallest absolute Gasteiger partial charge is 0.338 e. The van der Waals surface area contributed by atoms with Crippen LogP contribution in [0.4, 0.5) is 0 Å². The molecule has 0 bridgehead atoms. The fourth-order valence-corrected chi connectivity index (χ4v) is 1.80. The molecular weight excluding hydrogens is 279 g/mol. The van der Waals surface area contributed by atoms with Crippen LogP contribution in [0.25, 0.3) is 0 Å². The van der Waals surface area contributed by atoms with Gasteiger partial charge in [-0.1, -0.05) is 30.1 Å². The number of esters is 1. The minimum atomic E-state index is -0.540. The maximum Gasteiger partial charge on any atom is 0.338 e. The van der Waals surface area contributed by atoms with E-state index in [0.29, 0.717) is 6.61 Å². The van der Waals surface area contributed by atoms with Gasteiger partial charge in [0, 0.05) is 13.0 Å². The molecule has 0 spiro atoms. The number of methoxy groups -OCH3 is 1. The first-order valence-corrected chi connectivity index (χ1v) is 6.05. The number of ether oxygens (including phenoxy) is 2. The van der Waals surface area contributed by atoms with Crippen LogP contribution in [0.1, 0.15) is 17.3 Å². The third kappa shape index (κ3) is 4.05. The van der Waals surface area contributed by atoms with Crippen molar-refractivity contribution < 1.29 is 19.4 Å². The van der Waals surface area contributed by atoms with Gasteiger partial charge in [0.05, 0.1) is 28.8 Å². The summed E-state index contributed by atoms with van der Waals surface area (Å²) in [5, 5.41) is 9.39. The number of hydrogen-bond donors (Lipinski definition) is 1. The highest BCUT2D eigenvalue weighted by atomic mass is 35.5. The molecule has 1 unspecified atom stereocenters. The molecule has 0 saturated carbocycles. The SMILES string of the molecule is COCC(C)COC(=O)c1cc(Cl)c(O)c(Cl)c1. The van der Waals surface area contributed by atoms with Crippen molar-refractivity contribution in [2.45, 2.75) is 6.92 Å². The van der Waals surface area contributed by atoms with E-state index in [9.17, 15) is 9.90 Å². The zero-order chi connectivity index (χ0) is 13.7. The van der Waals surface area contributed by atoms with Gasteiger partial charge in [-0.25, -0.2) is 4.79 Å². The van der Waals surface area contributed by atoms with Crippen molar-refractivity contribution in [3.05, 3.63) is 27.7 Å². The molecule has 1 N–H and O–H groups in total. The molecule has 0 radical (unpaired) electrons. The molecule has 0 amide bonds. The van der Waals surface area contributed by atoms with Crippen molar-refractivity contribution in [3.63, 3.8) is 0 Å². The largest absolute Gasteiger partial charge is 0.505 e. The number of aromatic hydroxyl groups is 1. The summed E-state index contributed by atoms with van der Waals surface area (Å²) >= 11 is 11.4. The van der Waals surface area contributed by atoms with Crippen LogP contribution in [-0.4, -0.2) is 31.4 Å². The van der Waals surface area contributed by atoms with Gasteiger partial charge in [-0.05, 0) is 12.1 Å². The summed E-state index contributed by atoms with van der Waals surface area (Å²) in [6.45, 7) is 2.64. The summed E-state index contributed by atoms with van der Waals surface area (Å²) in [7, 11) is 1.58. The van der Waals surface area contributed by atoms with Crippen LogP contribution in [0, 0.1) is 5.92 Å². The molecule has 0 heterocycles. The number of hydrogen-bond acceptors (Lipinski definition) is 4. The standard InChI is InChI=1S/C12H14Cl2O4/c1-7(5-17-2)6-18-12(16)8-3-9(13)11(15)10(14)4-8/h3-4,7,15H,5-6H2,1-2H3. The van der Waals surface area contributed by atoms with Crippen LogP contribution >= 0.6 is 23.2 Å². The van der Waals surface area contributed by atoms with Crippen molar-refractivity contribution >= 4 is 29.2 Å². The van der Waals surface area contributed by atoms with Crippen molar-refractivity contribution in [1.82, 2.24) is 0 Å². The van der Waals surface area contributed by atoms with E-state index >= 15 is 0 Å². The lowest BCUT2D eigenvalue weighted by atomic mass is 10.2. The maximum absolute atomic E-state index is 11.7. The molecule has 0 fully saturated rings. The summed E-state index contributed by atoms with van der Waals surface area (Å²) in [4.78, 5) is 11.7. The number of benzene rings is 1. The van der Waals surface area contributed by atoms with Crippen LogP contribution in [-0.2, 0) is 9.47 Å². The lowest BCUT2D eigenvalue weighted by Gasteiger charge is -2.11. The van der Waals surface area contributed by atoms with E-state index in [0.717, 1.165) is 0 Å². The second kappa shape index (κ2) is 6.83. The number of carbonyl (C=O) groups excluding carboxylic acids is 1. The minimum Gasteiger partial charge on any atom is -0.505 e. The van der Waals surface area contributed by atoms with E-state index in [4.69, 9.17) is 32.7 Å². The second-order valence-electron chi connectivity index (χ2n) is 3.95. The molecule has 4 nitrogen and oxygen atoms in total. The van der Waals surface area contributed by atoms with E-state index in [1.165, 1.54) is 12.1 Å². The molecule has 1 aromatic rings. The number of carbonyl (C=O) groups is 1. The summed E-state index contributed by atoms with van der Waals surface area (Å²) in [6, 6.07) is 2.62. The molecule has 0 saturated heterocycles. The van der Waals surface area contributed by atoms with Crippen molar-refractivity contribution in [1.29, 1.82) is 0 Å². The molecule has 0 aliphatic heterocycles. The van der Waals surface area contributed by atoms with E-state index in [2.05, 4.69) is 0 Å². The molecule has 1 aromatic carbocycles. The summed E-state index contributed by atoms with van der Waals surface area (Å²) < 4.78 is 10.0. The Balaban J connectivity index is 2.67. The first kappa shape index (κ1) is 15.1. The summed E-state index contributed by atoms with van der Waals surface area (Å²) in [5.41, 5.74) is 0.201. The predicted molar refractivity (Wildman–Crippen MR) is 69.4 cm³/mol. The van der Waals surface area contributed by atoms with Crippen molar-refractivity contribution in [3.8, 4) is 5.75 Å². The van der Waals surface area contributed by atoms with Gasteiger partial charge in [0.1, 0.15) is 0 Å². The van der Waals surface area contributed by atoms with Crippen molar-refractivity contribution in [2.24, 2.45) is 5.92 Å². The first-order chi connectivity index (χ1) is 8.45. The normalized spacial score (nSPS) is 12.2. The highest BCUT2D eigenvalue weighted by Gasteiger charge is 2.14. The molecule has 0 aromatic heterocycles. The van der Waals surface area contributed by atoms with E-state index < -0.39 is 5.97 Å². The molecular formula is C12H14Cl2O4. The van der Waals surface area contributed by atoms with Crippen LogP contribution in [0.5, 0.6) is 5.75 Å². The Bertz CT molecular complexity index is 411. The maximum atomic E-state index is 11.7. The van der Waals surface area contributed by atoms with Gasteiger partial charge in [-0.2, -0.15) is 0 Å². The zero-order valence-electron chi connectivity index (χ0n) is 10.1. The molecule has 1 rings (SSSR count). The molecule has 1 atom stereocenters. The summed E-state index contributed by atoms with van der Waals surface area (Å²) in [5.74, 6) is -0.689. The number of halogens is 2. The van der Waals surface area contributed by atoms with E-state index in [1.54, 1.807) is 7.11 Å². The highest BCUT2D eigenvalue weighted by molar-refractivity contribution is 6.37. The third-order valence-corrected chi connectivity index (χ3v) is 2.78. The van der Waals surface area contributed by atoms with E-state index in [-0.39, 0.29) is 33.9 Å². The molecule has 18 heavy (non-hydrogen) atoms. The molecule has 0 aliphatic rings. The predicted octanol–water partition coefficient (Wildman–Crippen LogP) is 3.14. The molecule has 6 heteroatoms. The van der Waals surface area contributed by atoms with Gasteiger partial charge in [-0.15, -0.1) is 0 Å². The fraction of sp³-hybridized carbons (Fsp3) is 0.417. The Labute approximate surface area is 115 Å². The zero-order valence-corrected chi connectivity index (χ0v) is 11.6. The Kier molecular flexibility index (Phi) is 5.72. The first-order valence-electron chi connectivity index (χ1n) is 5.29. The number of phenolic OH excluding ortho intramolecular Hbond substituents is 1. The average Bonchev–Trinajstić information content (AvgIpc) is 2.32. The fourth-order valence-electron chi connectivity index (χ4n) is 1.32. The van der Waals surface area contributed by atoms with Crippen molar-refractivity contribution in [2.75, 3.05) is 20.3 Å². The second-order valence-corrected chi connectivity index (χ2v) is 4.76. The lowest BCUT2D eigenvalue weighted by molar-refractivity contribution is 0.0372. The van der Waals surface area contributed by atoms with Gasteiger partial charge >= 0.3 is 5.97 Å². The quantitative estimate of drug-likeness (QED) is 0.847. The number of rotatable bonds is 5.